The summed E-state index contributed by atoms with van der Waals surface area (Å²) in [7, 11) is 0. The number of aromatic hydroxyl groups is 1. The summed E-state index contributed by atoms with van der Waals surface area (Å²) in [6, 6.07) is 5.02. The summed E-state index contributed by atoms with van der Waals surface area (Å²) in [4.78, 5) is 212. The van der Waals surface area contributed by atoms with E-state index in [0.717, 1.165) is 19.3 Å². The Morgan fingerprint density at radius 1 is 0.400 bits per heavy atom. The summed E-state index contributed by atoms with van der Waals surface area (Å²) in [5.41, 5.74) is 37.2. The second-order valence-electron chi connectivity index (χ2n) is 28.6. The van der Waals surface area contributed by atoms with Gasteiger partial charge in [-0.2, -0.15) is 0 Å². The predicted molar refractivity (Wildman–Crippen MR) is 426 cm³/mol. The SMILES string of the molecule is CC[C@H](C)[C@H](NC(=O)[C@H](CN)NC(=O)[C@H](Cc1c[nH]c2ccccc12)NC(=O)[C@@H](CCCN)NC(=O)CNC(=O)[C@H](CCCN)NC(=O)[C@@H](CCCN)NC(=O)[C@@H](Cc1c[nH]c2ccccc12)NC(=O)[C@@H](Cc1ccc(O)cc1)NC(=O)[C@@H](CO)NC(=O)CCCCCC(C)C)C(=O)N[C@@H](CC(N)=O)C(=O)NCC(=O)NCC(N)=O. The van der Waals surface area contributed by atoms with Crippen LogP contribution in [0.3, 0.4) is 0 Å². The van der Waals surface area contributed by atoms with E-state index in [2.05, 4.69) is 92.9 Å². The van der Waals surface area contributed by atoms with Crippen molar-refractivity contribution in [1.29, 1.82) is 0 Å². The summed E-state index contributed by atoms with van der Waals surface area (Å²) in [5.74, 6) is -13.7. The molecule has 2 aromatic heterocycles. The molecule has 0 spiro atoms. The minimum absolute atomic E-state index is 0.0291. The Morgan fingerprint density at radius 2 is 0.826 bits per heavy atom. The molecule has 38 heteroatoms. The number of aliphatic hydroxyl groups excluding tert-OH is 1. The number of aliphatic hydroxyl groups is 1. The lowest BCUT2D eigenvalue weighted by atomic mass is 9.97. The van der Waals surface area contributed by atoms with Gasteiger partial charge in [-0.05, 0) is 117 Å². The zero-order valence-electron chi connectivity index (χ0n) is 65.5. The first-order valence-electron chi connectivity index (χ1n) is 38.6. The number of H-pyrrole nitrogens is 2. The van der Waals surface area contributed by atoms with Crippen molar-refractivity contribution in [2.24, 2.45) is 46.2 Å². The van der Waals surface area contributed by atoms with Crippen LogP contribution in [0, 0.1) is 11.8 Å². The molecule has 0 aliphatic rings. The van der Waals surface area contributed by atoms with Crippen molar-refractivity contribution in [3.63, 3.8) is 0 Å². The minimum Gasteiger partial charge on any atom is -0.508 e. The molecule has 0 aliphatic heterocycles. The van der Waals surface area contributed by atoms with E-state index < -0.39 is 194 Å². The third kappa shape index (κ3) is 32.1. The molecule has 11 atom stereocenters. The summed E-state index contributed by atoms with van der Waals surface area (Å²) >= 11 is 0. The number of hydrogen-bond donors (Lipinski definition) is 23. The first kappa shape index (κ1) is 94.0. The summed E-state index contributed by atoms with van der Waals surface area (Å²) in [6.45, 7) is 4.17. The number of unbranched alkanes of at least 4 members (excludes halogenated alkanes) is 2. The first-order valence-corrected chi connectivity index (χ1v) is 38.6. The Balaban J connectivity index is 1.34. The van der Waals surface area contributed by atoms with Gasteiger partial charge < -0.3 is 124 Å². The van der Waals surface area contributed by atoms with Gasteiger partial charge in [0, 0.05) is 66.4 Å². The van der Waals surface area contributed by atoms with Crippen LogP contribution in [-0.2, 0) is 91.2 Å². The third-order valence-corrected chi connectivity index (χ3v) is 19.0. The van der Waals surface area contributed by atoms with E-state index in [-0.39, 0.29) is 96.0 Å². The van der Waals surface area contributed by atoms with Gasteiger partial charge in [-0.15, -0.1) is 0 Å². The fraction of sp³-hybridized carbons (Fsp3) is 0.519. The van der Waals surface area contributed by atoms with E-state index in [1.165, 1.54) is 24.3 Å². The molecule has 630 valence electrons. The smallest absolute Gasteiger partial charge is 0.245 e. The van der Waals surface area contributed by atoms with Crippen molar-refractivity contribution >= 4 is 110 Å². The van der Waals surface area contributed by atoms with Gasteiger partial charge >= 0.3 is 0 Å². The number of aromatic amines is 2. The lowest BCUT2D eigenvalue weighted by Crippen LogP contribution is -2.62. The van der Waals surface area contributed by atoms with Crippen LogP contribution in [0.25, 0.3) is 21.8 Å². The summed E-state index contributed by atoms with van der Waals surface area (Å²) < 4.78 is 0. The quantitative estimate of drug-likeness (QED) is 0.0164. The second-order valence-corrected chi connectivity index (χ2v) is 28.6. The van der Waals surface area contributed by atoms with Crippen LogP contribution in [-0.4, -0.2) is 222 Å². The number of rotatable bonds is 53. The van der Waals surface area contributed by atoms with Gasteiger partial charge in [0.15, 0.2) is 0 Å². The highest BCUT2D eigenvalue weighted by atomic mass is 16.3. The van der Waals surface area contributed by atoms with Crippen molar-refractivity contribution in [3.8, 4) is 5.75 Å². The molecule has 0 radical (unpaired) electrons. The average Bonchev–Trinajstić information content (AvgIpc) is 1.70. The van der Waals surface area contributed by atoms with Gasteiger partial charge in [0.1, 0.15) is 66.2 Å². The number of phenolic OH excluding ortho intramolecular Hbond substituents is 1. The molecule has 15 amide bonds. The molecule has 2 heterocycles. The van der Waals surface area contributed by atoms with E-state index in [1.54, 1.807) is 74.8 Å². The zero-order valence-corrected chi connectivity index (χ0v) is 65.5. The molecular weight excluding hydrogens is 1490 g/mol. The number of hydrogen-bond acceptors (Lipinski definition) is 21. The Kier molecular flexibility index (Phi) is 40.1. The number of aromatic nitrogens is 2. The highest BCUT2D eigenvalue weighted by Crippen LogP contribution is 2.23. The van der Waals surface area contributed by atoms with Gasteiger partial charge in [0.05, 0.1) is 32.7 Å². The van der Waals surface area contributed by atoms with Gasteiger partial charge in [-0.3, -0.25) is 71.9 Å². The molecule has 29 N–H and O–H groups in total. The molecule has 5 rings (SSSR count). The third-order valence-electron chi connectivity index (χ3n) is 19.0. The van der Waals surface area contributed by atoms with Crippen LogP contribution in [0.15, 0.2) is 85.2 Å². The number of phenols is 1. The maximum atomic E-state index is 14.9. The van der Waals surface area contributed by atoms with Crippen molar-refractivity contribution in [2.75, 3.05) is 52.4 Å². The van der Waals surface area contributed by atoms with Crippen molar-refractivity contribution < 1.29 is 82.1 Å². The van der Waals surface area contributed by atoms with E-state index in [9.17, 15) is 82.1 Å². The standard InChI is InChI=1S/C77H115N21O17/c1-5-44(4)67(77(115)96-59(35-62(82)101)69(107)87-40-65(104)86-39-63(83)102)98-75(113)60(36-81)97-74(112)58(34-47-38-85-52-20-12-10-18-50(47)52)94-70(108)54(22-14-30-79)89-66(105)41-88-68(106)53(21-13-29-78)91-71(109)55(23-15-31-80)92-73(111)57(33-46-37-84-51-19-11-9-17-49(46)51)95-72(110)56(32-45-25-27-48(100)28-26-45)93-76(114)61(42-99)90-64(103)24-8-6-7-16-43(2)3/h9-12,17-20,25-28,37-38,43-44,53-61,67,84-85,99-100H,5-8,13-16,21-24,29-36,39-42,78-81H2,1-4H3,(H2,82,101)(H2,83,102)(H,86,104)(H,87,107)(H,88,106)(H,89,105)(H,90,103)(H,91,109)(H,92,111)(H,93,114)(H,94,108)(H,95,110)(H,96,115)(H,97,112)(H,98,113)/t44-,53-,54+,55+,56+,57+,58-,59-,60-,61+,67-/m0/s1. The molecule has 0 aliphatic carbocycles. The molecule has 3 aromatic carbocycles. The monoisotopic (exact) mass is 1610 g/mol. The molecule has 38 nitrogen and oxygen atoms in total. The number of fused-ring (bicyclic) bond motifs is 2. The molecule has 0 bridgehead atoms. The van der Waals surface area contributed by atoms with Crippen LogP contribution in [0.1, 0.15) is 128 Å². The number of para-hydroxylation sites is 2. The van der Waals surface area contributed by atoms with Gasteiger partial charge in [-0.25, -0.2) is 0 Å². The Hall–Kier alpha value is -11.6. The highest BCUT2D eigenvalue weighted by Gasteiger charge is 2.37. The number of carbonyl (C=O) groups is 15. The number of nitrogens with one attached hydrogen (secondary N) is 15. The minimum atomic E-state index is -1.66. The Morgan fingerprint density at radius 3 is 1.30 bits per heavy atom. The fourth-order valence-corrected chi connectivity index (χ4v) is 12.4. The molecule has 115 heavy (non-hydrogen) atoms. The lowest BCUT2D eigenvalue weighted by Gasteiger charge is -2.29. The molecule has 0 unspecified atom stereocenters. The highest BCUT2D eigenvalue weighted by molar-refractivity contribution is 6.01. The topological polar surface area (TPSA) is 641 Å². The molecule has 0 saturated carbocycles. The normalized spacial score (nSPS) is 14.1. The predicted octanol–water partition coefficient (Wildman–Crippen LogP) is -4.24. The Labute approximate surface area is 666 Å². The Bertz CT molecular complexity index is 4100. The lowest BCUT2D eigenvalue weighted by molar-refractivity contribution is -0.136. The number of primary amides is 2. The van der Waals surface area contributed by atoms with Gasteiger partial charge in [-0.1, -0.05) is 102 Å². The van der Waals surface area contributed by atoms with Crippen molar-refractivity contribution in [2.45, 2.75) is 191 Å². The van der Waals surface area contributed by atoms with Crippen LogP contribution < -0.4 is 104 Å². The average molecular weight is 1610 g/mol. The van der Waals surface area contributed by atoms with E-state index >= 15 is 0 Å². The summed E-state index contributed by atoms with van der Waals surface area (Å²) in [5, 5.41) is 54.8. The van der Waals surface area contributed by atoms with Crippen molar-refractivity contribution in [3.05, 3.63) is 102 Å². The largest absolute Gasteiger partial charge is 0.508 e. The number of benzene rings is 3. The maximum Gasteiger partial charge on any atom is 0.245 e. The first-order chi connectivity index (χ1) is 54.9. The molecule has 5 aromatic rings. The van der Waals surface area contributed by atoms with Crippen LogP contribution in [0.5, 0.6) is 5.75 Å². The summed E-state index contributed by atoms with van der Waals surface area (Å²) in [6.07, 6.45) is 5.58. The fourth-order valence-electron chi connectivity index (χ4n) is 12.4. The van der Waals surface area contributed by atoms with Crippen molar-refractivity contribution in [1.82, 2.24) is 79.1 Å². The van der Waals surface area contributed by atoms with E-state index in [1.807, 2.05) is 0 Å². The number of amides is 15. The van der Waals surface area contributed by atoms with E-state index in [0.29, 0.717) is 50.8 Å². The van der Waals surface area contributed by atoms with E-state index in [4.69, 9.17) is 34.4 Å². The number of nitrogens with two attached hydrogens (primary N) is 6. The molecule has 0 saturated heterocycles. The molecular formula is C77H115N21O17. The van der Waals surface area contributed by atoms with Crippen LogP contribution >= 0.6 is 0 Å². The van der Waals surface area contributed by atoms with Gasteiger partial charge in [0.25, 0.3) is 0 Å². The van der Waals surface area contributed by atoms with Crippen LogP contribution in [0.4, 0.5) is 0 Å². The van der Waals surface area contributed by atoms with Crippen LogP contribution in [0.2, 0.25) is 0 Å². The second kappa shape index (κ2) is 49.1. The molecule has 0 fully saturated rings. The van der Waals surface area contributed by atoms with Gasteiger partial charge in [0.2, 0.25) is 88.6 Å². The maximum absolute atomic E-state index is 14.9. The zero-order chi connectivity index (χ0) is 84.7. The number of carbonyl (C=O) groups excluding carboxylic acids is 15.